The highest BCUT2D eigenvalue weighted by Gasteiger charge is 2.20. The Hall–Kier alpha value is -1.06. The highest BCUT2D eigenvalue weighted by molar-refractivity contribution is 5.72. The van der Waals surface area contributed by atoms with Gasteiger partial charge in [0.1, 0.15) is 0 Å². The van der Waals surface area contributed by atoms with Crippen LogP contribution in [0.2, 0.25) is 0 Å². The maximum absolute atomic E-state index is 11.7. The largest absolute Gasteiger partial charge is 0.466 e. The molecule has 2 unspecified atom stereocenters. The van der Waals surface area contributed by atoms with Crippen molar-refractivity contribution in [2.75, 3.05) is 13.2 Å². The quantitative estimate of drug-likeness (QED) is 0.140. The Morgan fingerprint density at radius 3 is 1.43 bits per heavy atom. The van der Waals surface area contributed by atoms with Gasteiger partial charge in [-0.2, -0.15) is 0 Å². The molecule has 0 saturated heterocycles. The zero-order valence-electron chi connectivity index (χ0n) is 20.5. The van der Waals surface area contributed by atoms with E-state index < -0.39 is 0 Å². The fourth-order valence-electron chi connectivity index (χ4n) is 3.85. The molecule has 0 aliphatic rings. The number of esters is 2. The summed E-state index contributed by atoms with van der Waals surface area (Å²) in [5, 5.41) is 0. The average molecular weight is 427 g/mol. The van der Waals surface area contributed by atoms with Crippen LogP contribution in [-0.2, 0) is 19.1 Å². The van der Waals surface area contributed by atoms with Crippen LogP contribution in [0.15, 0.2) is 0 Å². The summed E-state index contributed by atoms with van der Waals surface area (Å²) >= 11 is 0. The molecular weight excluding hydrogens is 376 g/mol. The van der Waals surface area contributed by atoms with Crippen molar-refractivity contribution < 1.29 is 19.1 Å². The van der Waals surface area contributed by atoms with E-state index in [1.165, 1.54) is 77.0 Å². The molecule has 178 valence electrons. The second-order valence-corrected chi connectivity index (χ2v) is 8.81. The summed E-state index contributed by atoms with van der Waals surface area (Å²) in [4.78, 5) is 23.0. The van der Waals surface area contributed by atoms with Gasteiger partial charge < -0.3 is 9.47 Å². The minimum Gasteiger partial charge on any atom is -0.466 e. The van der Waals surface area contributed by atoms with Crippen molar-refractivity contribution in [3.8, 4) is 0 Å². The molecule has 0 heterocycles. The minimum atomic E-state index is -0.0457. The molecule has 0 amide bonds. The van der Waals surface area contributed by atoms with E-state index in [9.17, 15) is 9.59 Å². The Balaban J connectivity index is 3.28. The van der Waals surface area contributed by atoms with Crippen LogP contribution in [-0.4, -0.2) is 25.2 Å². The summed E-state index contributed by atoms with van der Waals surface area (Å²) in [6.45, 7) is 8.87. The zero-order valence-corrected chi connectivity index (χ0v) is 20.5. The van der Waals surface area contributed by atoms with E-state index in [-0.39, 0.29) is 17.9 Å². The minimum absolute atomic E-state index is 0.0227. The Kier molecular flexibility index (Phi) is 20.4. The van der Waals surface area contributed by atoms with Crippen LogP contribution >= 0.6 is 0 Å². The SMILES string of the molecule is CCOC(=O)CCCCCCCCCCCCCCCCC(C)C(C)C(=O)OCC. The molecule has 0 radical (unpaired) electrons. The zero-order chi connectivity index (χ0) is 22.5. The Labute approximate surface area is 186 Å². The third-order valence-electron chi connectivity index (χ3n) is 6.11. The van der Waals surface area contributed by atoms with Crippen LogP contribution in [0, 0.1) is 11.8 Å². The lowest BCUT2D eigenvalue weighted by Crippen LogP contribution is -2.21. The molecule has 0 aliphatic carbocycles. The lowest BCUT2D eigenvalue weighted by molar-refractivity contribution is -0.149. The van der Waals surface area contributed by atoms with Gasteiger partial charge in [-0.05, 0) is 32.6 Å². The highest BCUT2D eigenvalue weighted by atomic mass is 16.5. The number of unbranched alkanes of at least 4 members (excludes halogenated alkanes) is 13. The number of hydrogen-bond acceptors (Lipinski definition) is 4. The number of ether oxygens (including phenoxy) is 2. The molecule has 30 heavy (non-hydrogen) atoms. The number of carbonyl (C=O) groups excluding carboxylic acids is 2. The molecule has 2 atom stereocenters. The molecule has 0 aliphatic heterocycles. The van der Waals surface area contributed by atoms with E-state index in [1.807, 2.05) is 20.8 Å². The Morgan fingerprint density at radius 2 is 1.00 bits per heavy atom. The van der Waals surface area contributed by atoms with Gasteiger partial charge >= 0.3 is 11.9 Å². The maximum atomic E-state index is 11.7. The van der Waals surface area contributed by atoms with Crippen LogP contribution in [0.4, 0.5) is 0 Å². The fraction of sp³-hybridized carbons (Fsp3) is 0.923. The van der Waals surface area contributed by atoms with E-state index in [1.54, 1.807) is 0 Å². The molecule has 0 aromatic rings. The summed E-state index contributed by atoms with van der Waals surface area (Å²) < 4.78 is 10.1. The van der Waals surface area contributed by atoms with Crippen molar-refractivity contribution in [1.82, 2.24) is 0 Å². The predicted molar refractivity (Wildman–Crippen MR) is 125 cm³/mol. The van der Waals surface area contributed by atoms with Gasteiger partial charge in [0, 0.05) is 6.42 Å². The van der Waals surface area contributed by atoms with Crippen LogP contribution < -0.4 is 0 Å². The van der Waals surface area contributed by atoms with Gasteiger partial charge in [0.05, 0.1) is 19.1 Å². The first-order valence-corrected chi connectivity index (χ1v) is 12.8. The van der Waals surface area contributed by atoms with Gasteiger partial charge in [-0.1, -0.05) is 97.3 Å². The molecule has 0 rings (SSSR count). The Bertz CT molecular complexity index is 408. The molecule has 0 saturated carbocycles. The molecule has 4 heteroatoms. The van der Waals surface area contributed by atoms with Crippen LogP contribution in [0.1, 0.15) is 130 Å². The third kappa shape index (κ3) is 17.8. The summed E-state index contributed by atoms with van der Waals surface area (Å²) in [6.07, 6.45) is 19.7. The first kappa shape index (κ1) is 28.9. The van der Waals surface area contributed by atoms with Gasteiger partial charge in [-0.15, -0.1) is 0 Å². The number of hydrogen-bond donors (Lipinski definition) is 0. The number of carbonyl (C=O) groups is 2. The van der Waals surface area contributed by atoms with Crippen LogP contribution in [0.5, 0.6) is 0 Å². The lowest BCUT2D eigenvalue weighted by Gasteiger charge is -2.18. The van der Waals surface area contributed by atoms with Crippen molar-refractivity contribution >= 4 is 11.9 Å². The molecule has 0 aromatic heterocycles. The molecular formula is C26H50O4. The third-order valence-corrected chi connectivity index (χ3v) is 6.11. The van der Waals surface area contributed by atoms with Crippen molar-refractivity contribution in [3.05, 3.63) is 0 Å². The van der Waals surface area contributed by atoms with Gasteiger partial charge in [0.15, 0.2) is 0 Å². The van der Waals surface area contributed by atoms with E-state index in [0.29, 0.717) is 25.6 Å². The van der Waals surface area contributed by atoms with Crippen molar-refractivity contribution in [2.45, 2.75) is 130 Å². The Morgan fingerprint density at radius 1 is 0.600 bits per heavy atom. The van der Waals surface area contributed by atoms with Crippen molar-refractivity contribution in [3.63, 3.8) is 0 Å². The van der Waals surface area contributed by atoms with E-state index >= 15 is 0 Å². The first-order chi connectivity index (χ1) is 14.5. The summed E-state index contributed by atoms with van der Waals surface area (Å²) in [5.41, 5.74) is 0. The van der Waals surface area contributed by atoms with Crippen molar-refractivity contribution in [1.29, 1.82) is 0 Å². The van der Waals surface area contributed by atoms with Gasteiger partial charge in [0.25, 0.3) is 0 Å². The molecule has 0 aromatic carbocycles. The van der Waals surface area contributed by atoms with E-state index in [2.05, 4.69) is 6.92 Å². The van der Waals surface area contributed by atoms with Crippen molar-refractivity contribution in [2.24, 2.45) is 11.8 Å². The monoisotopic (exact) mass is 426 g/mol. The summed E-state index contributed by atoms with van der Waals surface area (Å²) in [7, 11) is 0. The van der Waals surface area contributed by atoms with Crippen LogP contribution in [0.3, 0.4) is 0 Å². The fourth-order valence-corrected chi connectivity index (χ4v) is 3.85. The predicted octanol–water partition coefficient (Wildman–Crippen LogP) is 7.63. The normalized spacial score (nSPS) is 13.1. The van der Waals surface area contributed by atoms with E-state index in [0.717, 1.165) is 19.3 Å². The second kappa shape index (κ2) is 21.2. The van der Waals surface area contributed by atoms with Gasteiger partial charge in [0.2, 0.25) is 0 Å². The molecule has 0 bridgehead atoms. The molecule has 4 nitrogen and oxygen atoms in total. The summed E-state index contributed by atoms with van der Waals surface area (Å²) in [6, 6.07) is 0. The molecule has 0 fully saturated rings. The number of rotatable bonds is 21. The average Bonchev–Trinajstić information content (AvgIpc) is 2.73. The second-order valence-electron chi connectivity index (χ2n) is 8.81. The highest BCUT2D eigenvalue weighted by Crippen LogP contribution is 2.21. The molecule has 0 spiro atoms. The van der Waals surface area contributed by atoms with Gasteiger partial charge in [-0.3, -0.25) is 9.59 Å². The topological polar surface area (TPSA) is 52.6 Å². The molecule has 0 N–H and O–H groups in total. The maximum Gasteiger partial charge on any atom is 0.308 e. The first-order valence-electron chi connectivity index (χ1n) is 12.8. The summed E-state index contributed by atoms with van der Waals surface area (Å²) in [5.74, 6) is 0.353. The standard InChI is InChI=1S/C26H50O4/c1-5-29-25(27)22-20-18-16-14-12-10-8-7-9-11-13-15-17-19-21-23(3)24(4)26(28)30-6-2/h23-24H,5-22H2,1-4H3. The van der Waals surface area contributed by atoms with E-state index in [4.69, 9.17) is 9.47 Å². The van der Waals surface area contributed by atoms with Gasteiger partial charge in [-0.25, -0.2) is 0 Å². The van der Waals surface area contributed by atoms with Crippen LogP contribution in [0.25, 0.3) is 0 Å². The lowest BCUT2D eigenvalue weighted by atomic mass is 9.90. The smallest absolute Gasteiger partial charge is 0.308 e.